The Hall–Kier alpha value is -0.600. The number of halogens is 2. The van der Waals surface area contributed by atoms with Gasteiger partial charge in [0.25, 0.3) is 0 Å². The Morgan fingerprint density at radius 2 is 2.16 bits per heavy atom. The standard InChI is InChI=1S/C16H23ClFN/c1-3-9-19-11-16(2,12-7-8-12)10-13-14(17)5-4-6-15(13)18/h4-6,12,19H,3,7-11H2,1-2H3. The van der Waals surface area contributed by atoms with Crippen molar-refractivity contribution in [2.75, 3.05) is 13.1 Å². The van der Waals surface area contributed by atoms with Crippen molar-refractivity contribution in [1.29, 1.82) is 0 Å². The Morgan fingerprint density at radius 3 is 2.74 bits per heavy atom. The molecule has 1 aliphatic rings. The Balaban J connectivity index is 2.11. The maximum atomic E-state index is 13.9. The third kappa shape index (κ3) is 3.70. The summed E-state index contributed by atoms with van der Waals surface area (Å²) in [6.07, 6.45) is 4.37. The minimum absolute atomic E-state index is 0.112. The summed E-state index contributed by atoms with van der Waals surface area (Å²) < 4.78 is 13.9. The van der Waals surface area contributed by atoms with Crippen molar-refractivity contribution in [3.05, 3.63) is 34.6 Å². The van der Waals surface area contributed by atoms with E-state index in [0.29, 0.717) is 16.5 Å². The number of hydrogen-bond acceptors (Lipinski definition) is 1. The molecule has 0 radical (unpaired) electrons. The molecule has 0 bridgehead atoms. The Morgan fingerprint density at radius 1 is 1.42 bits per heavy atom. The van der Waals surface area contributed by atoms with Crippen molar-refractivity contribution in [2.45, 2.75) is 39.5 Å². The first-order valence-electron chi connectivity index (χ1n) is 7.20. The quantitative estimate of drug-likeness (QED) is 0.730. The average Bonchev–Trinajstić information content (AvgIpc) is 3.19. The van der Waals surface area contributed by atoms with E-state index in [4.69, 9.17) is 11.6 Å². The average molecular weight is 284 g/mol. The van der Waals surface area contributed by atoms with Gasteiger partial charge < -0.3 is 5.32 Å². The van der Waals surface area contributed by atoms with Crippen LogP contribution in [0.25, 0.3) is 0 Å². The molecule has 0 heterocycles. The van der Waals surface area contributed by atoms with E-state index in [1.165, 1.54) is 18.9 Å². The molecule has 1 nitrogen and oxygen atoms in total. The third-order valence-corrected chi connectivity index (χ3v) is 4.51. The molecule has 0 aromatic heterocycles. The zero-order valence-corrected chi connectivity index (χ0v) is 12.6. The first-order valence-corrected chi connectivity index (χ1v) is 7.58. The predicted molar refractivity (Wildman–Crippen MR) is 79.1 cm³/mol. The molecule has 0 aliphatic heterocycles. The summed E-state index contributed by atoms with van der Waals surface area (Å²) in [5.74, 6) is 0.530. The number of rotatable bonds is 7. The molecule has 19 heavy (non-hydrogen) atoms. The van der Waals surface area contributed by atoms with E-state index in [0.717, 1.165) is 25.9 Å². The fourth-order valence-corrected chi connectivity index (χ4v) is 3.02. The van der Waals surface area contributed by atoms with E-state index >= 15 is 0 Å². The first-order chi connectivity index (χ1) is 9.07. The highest BCUT2D eigenvalue weighted by Crippen LogP contribution is 2.47. The van der Waals surface area contributed by atoms with Crippen LogP contribution in [0.2, 0.25) is 5.02 Å². The highest BCUT2D eigenvalue weighted by Gasteiger charge is 2.41. The van der Waals surface area contributed by atoms with E-state index in [-0.39, 0.29) is 11.2 Å². The van der Waals surface area contributed by atoms with E-state index in [9.17, 15) is 4.39 Å². The van der Waals surface area contributed by atoms with Gasteiger partial charge in [0.15, 0.2) is 0 Å². The molecule has 1 aliphatic carbocycles. The van der Waals surface area contributed by atoms with Gasteiger partial charge in [-0.3, -0.25) is 0 Å². The number of hydrogen-bond donors (Lipinski definition) is 1. The molecule has 0 saturated heterocycles. The normalized spacial score (nSPS) is 18.3. The van der Waals surface area contributed by atoms with Crippen LogP contribution in [0.3, 0.4) is 0 Å². The summed E-state index contributed by atoms with van der Waals surface area (Å²) in [6, 6.07) is 4.96. The minimum Gasteiger partial charge on any atom is -0.316 e. The number of benzene rings is 1. The molecule has 1 atom stereocenters. The summed E-state index contributed by atoms with van der Waals surface area (Å²) in [4.78, 5) is 0. The Labute approximate surface area is 120 Å². The monoisotopic (exact) mass is 283 g/mol. The molecular weight excluding hydrogens is 261 g/mol. The molecule has 3 heteroatoms. The van der Waals surface area contributed by atoms with Gasteiger partial charge in [0, 0.05) is 17.1 Å². The SMILES string of the molecule is CCCNCC(C)(Cc1c(F)cccc1Cl)C1CC1. The van der Waals surface area contributed by atoms with Crippen LogP contribution in [0.5, 0.6) is 0 Å². The van der Waals surface area contributed by atoms with Gasteiger partial charge in [-0.2, -0.15) is 0 Å². The first kappa shape index (κ1) is 14.8. The molecule has 2 rings (SSSR count). The minimum atomic E-state index is -0.171. The summed E-state index contributed by atoms with van der Waals surface area (Å²) >= 11 is 6.16. The van der Waals surface area contributed by atoms with Gasteiger partial charge in [-0.25, -0.2) is 4.39 Å². The second-order valence-corrected chi connectivity index (χ2v) is 6.39. The van der Waals surface area contributed by atoms with Crippen LogP contribution in [0.4, 0.5) is 4.39 Å². The second kappa shape index (κ2) is 6.23. The van der Waals surface area contributed by atoms with Crippen molar-refractivity contribution in [3.8, 4) is 0 Å². The van der Waals surface area contributed by atoms with E-state index in [2.05, 4.69) is 19.2 Å². The van der Waals surface area contributed by atoms with Crippen LogP contribution in [0.1, 0.15) is 38.7 Å². The van der Waals surface area contributed by atoms with Crippen LogP contribution < -0.4 is 5.32 Å². The lowest BCUT2D eigenvalue weighted by Gasteiger charge is -2.31. The van der Waals surface area contributed by atoms with Gasteiger partial charge in [-0.05, 0) is 55.7 Å². The van der Waals surface area contributed by atoms with Crippen molar-refractivity contribution >= 4 is 11.6 Å². The topological polar surface area (TPSA) is 12.0 Å². The fraction of sp³-hybridized carbons (Fsp3) is 0.625. The molecule has 0 amide bonds. The van der Waals surface area contributed by atoms with Crippen molar-refractivity contribution in [3.63, 3.8) is 0 Å². The summed E-state index contributed by atoms with van der Waals surface area (Å²) in [5, 5.41) is 4.05. The summed E-state index contributed by atoms with van der Waals surface area (Å²) in [5.41, 5.74) is 0.790. The van der Waals surface area contributed by atoms with Crippen LogP contribution in [-0.4, -0.2) is 13.1 Å². The van der Waals surface area contributed by atoms with E-state index in [1.807, 2.05) is 0 Å². The van der Waals surface area contributed by atoms with Crippen molar-refractivity contribution in [1.82, 2.24) is 5.32 Å². The van der Waals surface area contributed by atoms with Crippen LogP contribution in [0, 0.1) is 17.2 Å². The second-order valence-electron chi connectivity index (χ2n) is 5.98. The molecular formula is C16H23ClFN. The smallest absolute Gasteiger partial charge is 0.127 e. The van der Waals surface area contributed by atoms with Gasteiger partial charge in [0.05, 0.1) is 0 Å². The lowest BCUT2D eigenvalue weighted by Crippen LogP contribution is -2.36. The molecule has 1 N–H and O–H groups in total. The Kier molecular flexibility index (Phi) is 4.86. The van der Waals surface area contributed by atoms with E-state index < -0.39 is 0 Å². The van der Waals surface area contributed by atoms with Gasteiger partial charge in [0.2, 0.25) is 0 Å². The molecule has 1 aromatic carbocycles. The molecule has 0 spiro atoms. The fourth-order valence-electron chi connectivity index (χ4n) is 2.79. The van der Waals surface area contributed by atoms with Crippen LogP contribution >= 0.6 is 11.6 Å². The van der Waals surface area contributed by atoms with Crippen LogP contribution in [0.15, 0.2) is 18.2 Å². The van der Waals surface area contributed by atoms with E-state index in [1.54, 1.807) is 12.1 Å². The zero-order valence-electron chi connectivity index (χ0n) is 11.8. The Bertz CT molecular complexity index is 411. The lowest BCUT2D eigenvalue weighted by atomic mass is 9.78. The zero-order chi connectivity index (χ0) is 13.9. The number of nitrogens with one attached hydrogen (secondary N) is 1. The highest BCUT2D eigenvalue weighted by molar-refractivity contribution is 6.31. The molecule has 1 saturated carbocycles. The van der Waals surface area contributed by atoms with Crippen molar-refractivity contribution in [2.24, 2.45) is 11.3 Å². The summed E-state index contributed by atoms with van der Waals surface area (Å²) in [7, 11) is 0. The summed E-state index contributed by atoms with van der Waals surface area (Å²) in [6.45, 7) is 6.38. The molecule has 1 fully saturated rings. The maximum Gasteiger partial charge on any atom is 0.127 e. The molecule has 1 unspecified atom stereocenters. The highest BCUT2D eigenvalue weighted by atomic mass is 35.5. The lowest BCUT2D eigenvalue weighted by molar-refractivity contribution is 0.253. The van der Waals surface area contributed by atoms with Crippen molar-refractivity contribution < 1.29 is 4.39 Å². The van der Waals surface area contributed by atoms with Gasteiger partial charge in [0.1, 0.15) is 5.82 Å². The molecule has 106 valence electrons. The third-order valence-electron chi connectivity index (χ3n) is 4.16. The van der Waals surface area contributed by atoms with Crippen LogP contribution in [-0.2, 0) is 6.42 Å². The van der Waals surface area contributed by atoms with Gasteiger partial charge >= 0.3 is 0 Å². The maximum absolute atomic E-state index is 13.9. The van der Waals surface area contributed by atoms with Gasteiger partial charge in [-0.15, -0.1) is 0 Å². The van der Waals surface area contributed by atoms with Gasteiger partial charge in [-0.1, -0.05) is 31.5 Å². The molecule has 1 aromatic rings. The predicted octanol–water partition coefficient (Wildman–Crippen LogP) is 4.44. The largest absolute Gasteiger partial charge is 0.316 e.